The maximum atomic E-state index is 13.5. The minimum absolute atomic E-state index is 0.387. The van der Waals surface area contributed by atoms with Crippen molar-refractivity contribution < 1.29 is 24.2 Å². The minimum Gasteiger partial charge on any atom is -0.444 e. The molecule has 0 spiro atoms. The number of anilines is 1. The Kier molecular flexibility index (Phi) is 9.60. The molecule has 9 heteroatoms. The molecule has 0 aliphatic carbocycles. The fraction of sp³-hybridized carbons (Fsp3) is 0.333. The topological polar surface area (TPSA) is 132 Å². The largest absolute Gasteiger partial charge is 0.444 e. The molecule has 2 unspecified atom stereocenters. The smallest absolute Gasteiger partial charge is 0.408 e. The van der Waals surface area contributed by atoms with E-state index in [2.05, 4.69) is 16.6 Å². The second-order valence-electron chi connectivity index (χ2n) is 8.98. The summed E-state index contributed by atoms with van der Waals surface area (Å²) in [5.41, 5.74) is 1.44. The average Bonchev–Trinajstić information content (AvgIpc) is 2.82. The summed E-state index contributed by atoms with van der Waals surface area (Å²) in [5, 5.41) is 24.5. The van der Waals surface area contributed by atoms with Crippen molar-refractivity contribution in [1.29, 1.82) is 5.26 Å². The molecule has 2 rings (SSSR count). The number of nitrogens with zero attached hydrogens (tertiary/aromatic N) is 2. The first-order valence-electron chi connectivity index (χ1n) is 11.2. The summed E-state index contributed by atoms with van der Waals surface area (Å²) >= 11 is 0. The first-order chi connectivity index (χ1) is 17.0. The summed E-state index contributed by atoms with van der Waals surface area (Å²) in [6.07, 6.45) is 4.52. The van der Waals surface area contributed by atoms with E-state index in [-0.39, 0.29) is 0 Å². The molecule has 2 aromatic carbocycles. The van der Waals surface area contributed by atoms with E-state index < -0.39 is 48.7 Å². The number of alkyl carbamates (subject to hydrolysis) is 1. The number of terminal acetylenes is 1. The van der Waals surface area contributed by atoms with Gasteiger partial charge in [-0.2, -0.15) is 5.26 Å². The highest BCUT2D eigenvalue weighted by atomic mass is 16.6. The zero-order valence-corrected chi connectivity index (χ0v) is 20.7. The van der Waals surface area contributed by atoms with Crippen molar-refractivity contribution in [1.82, 2.24) is 10.2 Å². The van der Waals surface area contributed by atoms with E-state index in [0.29, 0.717) is 16.8 Å². The Morgan fingerprint density at radius 2 is 1.78 bits per heavy atom. The number of amides is 3. The predicted molar refractivity (Wildman–Crippen MR) is 134 cm³/mol. The number of ether oxygens (including phenoxy) is 1. The third-order valence-electron chi connectivity index (χ3n) is 5.05. The number of aliphatic hydroxyl groups is 1. The Hall–Kier alpha value is -4.34. The Labute approximate surface area is 211 Å². The molecule has 3 N–H and O–H groups in total. The highest BCUT2D eigenvalue weighted by Crippen LogP contribution is 2.25. The molecule has 2 atom stereocenters. The molecule has 0 heterocycles. The van der Waals surface area contributed by atoms with E-state index in [1.807, 2.05) is 25.1 Å². The summed E-state index contributed by atoms with van der Waals surface area (Å²) in [6.45, 7) is 5.50. The van der Waals surface area contributed by atoms with Crippen LogP contribution < -0.4 is 10.6 Å². The Morgan fingerprint density at radius 1 is 1.14 bits per heavy atom. The van der Waals surface area contributed by atoms with Gasteiger partial charge < -0.3 is 25.4 Å². The van der Waals surface area contributed by atoms with Crippen LogP contribution in [0.1, 0.15) is 43.5 Å². The molecule has 9 nitrogen and oxygen atoms in total. The minimum atomic E-state index is -1.45. The molecule has 2 aromatic rings. The molecule has 0 aliphatic rings. The lowest BCUT2D eigenvalue weighted by atomic mass is 10.0. The first kappa shape index (κ1) is 27.9. The van der Waals surface area contributed by atoms with Gasteiger partial charge in [0.15, 0.2) is 0 Å². The van der Waals surface area contributed by atoms with Crippen molar-refractivity contribution in [2.45, 2.75) is 45.4 Å². The number of aliphatic hydroxyl groups excluding tert-OH is 1. The average molecular weight is 491 g/mol. The van der Waals surface area contributed by atoms with Gasteiger partial charge in [0.05, 0.1) is 12.7 Å². The standard InChI is InChI=1S/C27H30N4O5/c1-6-19-11-13-20(14-12-19)23(24(33)29-21-10-8-7-9-18(21)2)31(16-15-28)25(34)22(17-32)30-26(35)36-27(3,4)5/h1,7-14,22-23,32H,16-17H2,2-5H3,(H,29,33)(H,30,35). The molecule has 0 saturated heterocycles. The third kappa shape index (κ3) is 7.59. The number of para-hydroxylation sites is 1. The van der Waals surface area contributed by atoms with E-state index in [4.69, 9.17) is 11.2 Å². The summed E-state index contributed by atoms with van der Waals surface area (Å²) in [4.78, 5) is 40.2. The fourth-order valence-corrected chi connectivity index (χ4v) is 3.36. The lowest BCUT2D eigenvalue weighted by molar-refractivity contribution is -0.140. The zero-order chi connectivity index (χ0) is 26.9. The number of hydrogen-bond donors (Lipinski definition) is 3. The maximum absolute atomic E-state index is 13.5. The van der Waals surface area contributed by atoms with Crippen molar-refractivity contribution in [3.05, 3.63) is 65.2 Å². The lowest BCUT2D eigenvalue weighted by Gasteiger charge is -2.32. The van der Waals surface area contributed by atoms with Gasteiger partial charge in [-0.3, -0.25) is 9.59 Å². The zero-order valence-electron chi connectivity index (χ0n) is 20.7. The number of carbonyl (C=O) groups excluding carboxylic acids is 3. The van der Waals surface area contributed by atoms with Crippen LogP contribution in [0.5, 0.6) is 0 Å². The van der Waals surface area contributed by atoms with Gasteiger partial charge in [-0.1, -0.05) is 36.3 Å². The van der Waals surface area contributed by atoms with Crippen molar-refractivity contribution in [2.24, 2.45) is 0 Å². The quantitative estimate of drug-likeness (QED) is 0.385. The fourth-order valence-electron chi connectivity index (χ4n) is 3.36. The Bertz CT molecular complexity index is 1170. The number of carbonyl (C=O) groups is 3. The van der Waals surface area contributed by atoms with Gasteiger partial charge in [-0.15, -0.1) is 6.42 Å². The van der Waals surface area contributed by atoms with Gasteiger partial charge in [0.2, 0.25) is 5.91 Å². The van der Waals surface area contributed by atoms with Crippen molar-refractivity contribution in [3.8, 4) is 18.4 Å². The van der Waals surface area contributed by atoms with Crippen LogP contribution >= 0.6 is 0 Å². The number of rotatable bonds is 8. The summed E-state index contributed by atoms with van der Waals surface area (Å²) in [6, 6.07) is 12.7. The van der Waals surface area contributed by atoms with E-state index in [1.165, 1.54) is 0 Å². The molecular weight excluding hydrogens is 460 g/mol. The van der Waals surface area contributed by atoms with Crippen molar-refractivity contribution in [3.63, 3.8) is 0 Å². The lowest BCUT2D eigenvalue weighted by Crippen LogP contribution is -2.54. The predicted octanol–water partition coefficient (Wildman–Crippen LogP) is 2.89. The monoisotopic (exact) mass is 490 g/mol. The van der Waals surface area contributed by atoms with Gasteiger partial charge in [0, 0.05) is 11.3 Å². The highest BCUT2D eigenvalue weighted by molar-refractivity contribution is 5.99. The van der Waals surface area contributed by atoms with Crippen LogP contribution in [0.25, 0.3) is 0 Å². The molecule has 0 fully saturated rings. The third-order valence-corrected chi connectivity index (χ3v) is 5.05. The van der Waals surface area contributed by atoms with Gasteiger partial charge >= 0.3 is 6.09 Å². The van der Waals surface area contributed by atoms with Gasteiger partial charge in [0.1, 0.15) is 24.2 Å². The van der Waals surface area contributed by atoms with Gasteiger partial charge in [0.25, 0.3) is 5.91 Å². The number of hydrogen-bond acceptors (Lipinski definition) is 6. The van der Waals surface area contributed by atoms with Crippen LogP contribution in [0.15, 0.2) is 48.5 Å². The van der Waals surface area contributed by atoms with Crippen LogP contribution in [0.4, 0.5) is 10.5 Å². The highest BCUT2D eigenvalue weighted by Gasteiger charge is 2.36. The molecule has 0 aromatic heterocycles. The molecule has 0 saturated carbocycles. The Balaban J connectivity index is 2.47. The van der Waals surface area contributed by atoms with E-state index in [0.717, 1.165) is 10.5 Å². The van der Waals surface area contributed by atoms with E-state index in [9.17, 15) is 24.8 Å². The van der Waals surface area contributed by atoms with Gasteiger partial charge in [-0.05, 0) is 57.0 Å². The SMILES string of the molecule is C#Cc1ccc(C(C(=O)Nc2ccccc2C)N(CC#N)C(=O)C(CO)NC(=O)OC(C)(C)C)cc1. The number of benzene rings is 2. The molecule has 188 valence electrons. The molecule has 0 radical (unpaired) electrons. The summed E-state index contributed by atoms with van der Waals surface area (Å²) < 4.78 is 5.18. The normalized spacial score (nSPS) is 12.3. The maximum Gasteiger partial charge on any atom is 0.408 e. The molecule has 36 heavy (non-hydrogen) atoms. The number of nitriles is 1. The van der Waals surface area contributed by atoms with Crippen LogP contribution in [0.2, 0.25) is 0 Å². The van der Waals surface area contributed by atoms with Crippen molar-refractivity contribution in [2.75, 3.05) is 18.5 Å². The second-order valence-corrected chi connectivity index (χ2v) is 8.98. The van der Waals surface area contributed by atoms with Crippen LogP contribution in [0, 0.1) is 30.6 Å². The first-order valence-corrected chi connectivity index (χ1v) is 11.2. The van der Waals surface area contributed by atoms with Gasteiger partial charge in [-0.25, -0.2) is 4.79 Å². The Morgan fingerprint density at radius 3 is 2.31 bits per heavy atom. The number of aryl methyl sites for hydroxylation is 1. The van der Waals surface area contributed by atoms with Crippen LogP contribution in [0.3, 0.4) is 0 Å². The van der Waals surface area contributed by atoms with Crippen molar-refractivity contribution >= 4 is 23.6 Å². The van der Waals surface area contributed by atoms with E-state index >= 15 is 0 Å². The van der Waals surface area contributed by atoms with Crippen LogP contribution in [-0.2, 0) is 14.3 Å². The molecular formula is C27H30N4O5. The van der Waals surface area contributed by atoms with E-state index in [1.54, 1.807) is 57.2 Å². The van der Waals surface area contributed by atoms with Crippen LogP contribution in [-0.4, -0.2) is 52.7 Å². The molecule has 0 aliphatic heterocycles. The second kappa shape index (κ2) is 12.4. The summed E-state index contributed by atoms with van der Waals surface area (Å²) in [7, 11) is 0. The number of nitrogens with one attached hydrogen (secondary N) is 2. The molecule has 0 bridgehead atoms. The summed E-state index contributed by atoms with van der Waals surface area (Å²) in [5.74, 6) is 1.06. The molecule has 3 amide bonds.